The van der Waals surface area contributed by atoms with Gasteiger partial charge in [-0.2, -0.15) is 0 Å². The standard InChI is InChI=1S/C6H5N5O/c1-10-2-3-11-5(7-4-12)8-9-6(10)11/h2-3H,1H3. The van der Waals surface area contributed by atoms with E-state index in [-0.39, 0.29) is 5.95 Å². The van der Waals surface area contributed by atoms with E-state index in [1.165, 1.54) is 6.08 Å². The minimum atomic E-state index is 0.251. The van der Waals surface area contributed by atoms with Crippen LogP contribution in [0.1, 0.15) is 0 Å². The van der Waals surface area contributed by atoms with E-state index in [4.69, 9.17) is 0 Å². The SMILES string of the molecule is Cn1ccn2c(N=C=O)nnc12. The summed E-state index contributed by atoms with van der Waals surface area (Å²) in [6.45, 7) is 0. The maximum absolute atomic E-state index is 9.94. The molecule has 0 spiro atoms. The van der Waals surface area contributed by atoms with Crippen LogP contribution in [0.25, 0.3) is 5.78 Å². The first-order chi connectivity index (χ1) is 5.83. The van der Waals surface area contributed by atoms with Crippen LogP contribution < -0.4 is 0 Å². The lowest BCUT2D eigenvalue weighted by molar-refractivity contribution is 0.565. The average molecular weight is 163 g/mol. The molecule has 0 aliphatic carbocycles. The van der Waals surface area contributed by atoms with Gasteiger partial charge in [-0.15, -0.1) is 15.2 Å². The highest BCUT2D eigenvalue weighted by Gasteiger charge is 2.05. The van der Waals surface area contributed by atoms with Crippen molar-refractivity contribution in [1.29, 1.82) is 0 Å². The molecule has 6 nitrogen and oxygen atoms in total. The number of fused-ring (bicyclic) bond motifs is 1. The fourth-order valence-electron chi connectivity index (χ4n) is 0.999. The summed E-state index contributed by atoms with van der Waals surface area (Å²) >= 11 is 0. The molecule has 2 aromatic rings. The molecule has 0 bridgehead atoms. The molecule has 0 aromatic carbocycles. The van der Waals surface area contributed by atoms with Crippen LogP contribution in [0.5, 0.6) is 0 Å². The molecule has 0 unspecified atom stereocenters. The summed E-state index contributed by atoms with van der Waals surface area (Å²) in [5, 5.41) is 7.47. The molecule has 0 saturated heterocycles. The number of aliphatic imine (C=N–C) groups is 1. The van der Waals surface area contributed by atoms with Gasteiger partial charge in [0.05, 0.1) is 0 Å². The van der Waals surface area contributed by atoms with Crippen LogP contribution in [0.4, 0.5) is 5.95 Å². The Kier molecular flexibility index (Phi) is 1.28. The zero-order chi connectivity index (χ0) is 8.55. The highest BCUT2D eigenvalue weighted by atomic mass is 16.1. The first-order valence-corrected chi connectivity index (χ1v) is 3.27. The Morgan fingerprint density at radius 3 is 3.08 bits per heavy atom. The summed E-state index contributed by atoms with van der Waals surface area (Å²) in [6, 6.07) is 0. The first-order valence-electron chi connectivity index (χ1n) is 3.27. The molecule has 0 N–H and O–H groups in total. The highest BCUT2D eigenvalue weighted by molar-refractivity contribution is 5.45. The Hall–Kier alpha value is -1.94. The zero-order valence-electron chi connectivity index (χ0n) is 6.30. The fraction of sp³-hybridized carbons (Fsp3) is 0.167. The van der Waals surface area contributed by atoms with E-state index in [0.29, 0.717) is 5.78 Å². The number of hydrogen-bond donors (Lipinski definition) is 0. The number of isocyanates is 1. The third-order valence-corrected chi connectivity index (χ3v) is 1.56. The number of rotatable bonds is 1. The van der Waals surface area contributed by atoms with Crippen LogP contribution in [-0.4, -0.2) is 25.2 Å². The van der Waals surface area contributed by atoms with Gasteiger partial charge in [0.25, 0.3) is 5.95 Å². The second-order valence-electron chi connectivity index (χ2n) is 2.28. The Morgan fingerprint density at radius 2 is 2.33 bits per heavy atom. The van der Waals surface area contributed by atoms with Crippen LogP contribution in [0.2, 0.25) is 0 Å². The molecule has 0 atom stereocenters. The van der Waals surface area contributed by atoms with Crippen molar-refractivity contribution in [3.8, 4) is 0 Å². The smallest absolute Gasteiger partial charge is 0.267 e. The van der Waals surface area contributed by atoms with Gasteiger partial charge in [-0.05, 0) is 0 Å². The van der Waals surface area contributed by atoms with Crippen molar-refractivity contribution in [1.82, 2.24) is 19.2 Å². The Labute approximate surface area is 67.2 Å². The van der Waals surface area contributed by atoms with Gasteiger partial charge in [0.1, 0.15) is 0 Å². The van der Waals surface area contributed by atoms with E-state index < -0.39 is 0 Å². The van der Waals surface area contributed by atoms with Gasteiger partial charge in [0, 0.05) is 19.4 Å². The van der Waals surface area contributed by atoms with E-state index in [9.17, 15) is 4.79 Å². The second kappa shape index (κ2) is 2.28. The number of nitrogens with zero attached hydrogens (tertiary/aromatic N) is 5. The van der Waals surface area contributed by atoms with Gasteiger partial charge in [-0.1, -0.05) is 0 Å². The lowest BCUT2D eigenvalue weighted by atomic mass is 10.9. The normalized spacial score (nSPS) is 10.1. The average Bonchev–Trinajstić information content (AvgIpc) is 2.58. The molecule has 2 aromatic heterocycles. The molecule has 0 radical (unpaired) electrons. The third kappa shape index (κ3) is 0.755. The molecule has 0 aliphatic rings. The van der Waals surface area contributed by atoms with Gasteiger partial charge < -0.3 is 4.57 Å². The number of aromatic nitrogens is 4. The van der Waals surface area contributed by atoms with E-state index in [0.717, 1.165) is 0 Å². The van der Waals surface area contributed by atoms with Crippen LogP contribution in [0.3, 0.4) is 0 Å². The highest BCUT2D eigenvalue weighted by Crippen LogP contribution is 2.09. The van der Waals surface area contributed by atoms with Crippen molar-refractivity contribution in [2.45, 2.75) is 0 Å². The number of hydrogen-bond acceptors (Lipinski definition) is 4. The summed E-state index contributed by atoms with van der Waals surface area (Å²) in [5.74, 6) is 0.893. The quantitative estimate of drug-likeness (QED) is 0.440. The van der Waals surface area contributed by atoms with Gasteiger partial charge >= 0.3 is 0 Å². The largest absolute Gasteiger partial charge is 0.319 e. The molecular weight excluding hydrogens is 158 g/mol. The molecule has 12 heavy (non-hydrogen) atoms. The van der Waals surface area contributed by atoms with Crippen molar-refractivity contribution in [3.05, 3.63) is 12.4 Å². The minimum absolute atomic E-state index is 0.251. The van der Waals surface area contributed by atoms with Gasteiger partial charge in [0.2, 0.25) is 11.9 Å². The maximum atomic E-state index is 9.94. The molecule has 0 amide bonds. The third-order valence-electron chi connectivity index (χ3n) is 1.56. The summed E-state index contributed by atoms with van der Waals surface area (Å²) in [4.78, 5) is 13.3. The zero-order valence-corrected chi connectivity index (χ0v) is 6.30. The topological polar surface area (TPSA) is 64.5 Å². The van der Waals surface area contributed by atoms with Gasteiger partial charge in [-0.3, -0.25) is 4.40 Å². The van der Waals surface area contributed by atoms with E-state index in [1.807, 2.05) is 7.05 Å². The Morgan fingerprint density at radius 1 is 1.50 bits per heavy atom. The lowest BCUT2D eigenvalue weighted by Crippen LogP contribution is -1.85. The number of aryl methyl sites for hydroxylation is 1. The van der Waals surface area contributed by atoms with Gasteiger partial charge in [-0.25, -0.2) is 4.79 Å². The Bertz CT molecular complexity index is 461. The number of carbonyl (C=O) groups excluding carboxylic acids is 1. The molecule has 60 valence electrons. The van der Waals surface area contributed by atoms with Crippen LogP contribution in [-0.2, 0) is 11.8 Å². The molecule has 6 heteroatoms. The minimum Gasteiger partial charge on any atom is -0.319 e. The molecule has 0 saturated carbocycles. The van der Waals surface area contributed by atoms with Crippen molar-refractivity contribution < 1.29 is 4.79 Å². The van der Waals surface area contributed by atoms with Crippen LogP contribution in [0.15, 0.2) is 17.4 Å². The van der Waals surface area contributed by atoms with E-state index in [2.05, 4.69) is 15.2 Å². The molecular formula is C6H5N5O. The van der Waals surface area contributed by atoms with E-state index in [1.54, 1.807) is 21.4 Å². The monoisotopic (exact) mass is 163 g/mol. The van der Waals surface area contributed by atoms with Crippen LogP contribution in [0, 0.1) is 0 Å². The van der Waals surface area contributed by atoms with Gasteiger partial charge in [0.15, 0.2) is 0 Å². The van der Waals surface area contributed by atoms with Crippen molar-refractivity contribution in [2.75, 3.05) is 0 Å². The van der Waals surface area contributed by atoms with Crippen LogP contribution >= 0.6 is 0 Å². The van der Waals surface area contributed by atoms with Crippen molar-refractivity contribution in [2.24, 2.45) is 12.0 Å². The summed E-state index contributed by atoms with van der Waals surface area (Å²) in [7, 11) is 1.83. The number of imidazole rings is 1. The summed E-state index contributed by atoms with van der Waals surface area (Å²) in [5.41, 5.74) is 0. The van der Waals surface area contributed by atoms with E-state index >= 15 is 0 Å². The van der Waals surface area contributed by atoms with Crippen molar-refractivity contribution in [3.63, 3.8) is 0 Å². The molecule has 2 rings (SSSR count). The lowest BCUT2D eigenvalue weighted by Gasteiger charge is -1.84. The predicted molar refractivity (Wildman–Crippen MR) is 39.7 cm³/mol. The molecule has 2 heterocycles. The predicted octanol–water partition coefficient (Wildman–Crippen LogP) is 0.0351. The first kappa shape index (κ1) is 6.75. The maximum Gasteiger partial charge on any atom is 0.267 e. The van der Waals surface area contributed by atoms with Crippen molar-refractivity contribution >= 4 is 17.8 Å². The molecule has 0 aliphatic heterocycles. The Balaban J connectivity index is 2.78. The summed E-state index contributed by atoms with van der Waals surface area (Å²) < 4.78 is 3.38. The molecule has 0 fully saturated rings. The fourth-order valence-corrected chi connectivity index (χ4v) is 0.999. The summed E-state index contributed by atoms with van der Waals surface area (Å²) in [6.07, 6.45) is 4.94. The second-order valence-corrected chi connectivity index (χ2v) is 2.28.